The van der Waals surface area contributed by atoms with Gasteiger partial charge in [0.15, 0.2) is 29.1 Å². The monoisotopic (exact) mass is 444 g/mol. The number of ketones is 1. The van der Waals surface area contributed by atoms with Gasteiger partial charge in [0.2, 0.25) is 5.78 Å². The Morgan fingerprint density at radius 2 is 1.59 bits per heavy atom. The molecule has 9 nitrogen and oxygen atoms in total. The zero-order valence-corrected chi connectivity index (χ0v) is 18.1. The van der Waals surface area contributed by atoms with E-state index in [9.17, 15) is 19.5 Å². The van der Waals surface area contributed by atoms with Gasteiger partial charge in [-0.25, -0.2) is 4.79 Å². The summed E-state index contributed by atoms with van der Waals surface area (Å²) in [5, 5.41) is 9.76. The highest BCUT2D eigenvalue weighted by molar-refractivity contribution is 6.00. The fourth-order valence-electron chi connectivity index (χ4n) is 2.69. The molecule has 0 aliphatic heterocycles. The molecule has 0 amide bonds. The average Bonchev–Trinajstić information content (AvgIpc) is 2.80. The van der Waals surface area contributed by atoms with Crippen molar-refractivity contribution >= 4 is 23.8 Å². The van der Waals surface area contributed by atoms with Gasteiger partial charge < -0.3 is 28.8 Å². The van der Waals surface area contributed by atoms with Crippen LogP contribution in [0.3, 0.4) is 0 Å². The molecule has 0 saturated heterocycles. The highest BCUT2D eigenvalue weighted by atomic mass is 16.6. The molecule has 0 heterocycles. The van der Waals surface area contributed by atoms with E-state index in [4.69, 9.17) is 18.9 Å². The summed E-state index contributed by atoms with van der Waals surface area (Å²) < 4.78 is 25.8. The summed E-state index contributed by atoms with van der Waals surface area (Å²) in [4.78, 5) is 35.4. The molecule has 0 radical (unpaired) electrons. The molecule has 0 fully saturated rings. The minimum atomic E-state index is -1.23. The van der Waals surface area contributed by atoms with E-state index in [1.165, 1.54) is 58.6 Å². The number of Topliss-reactive ketones (excluding diaryl/α,β-unsaturated/α-hetero) is 1. The number of methoxy groups -OCH3 is 3. The second-order valence-electron chi connectivity index (χ2n) is 6.38. The minimum Gasteiger partial charge on any atom is -0.493 e. The molecule has 32 heavy (non-hydrogen) atoms. The van der Waals surface area contributed by atoms with Crippen LogP contribution in [0, 0.1) is 0 Å². The predicted octanol–water partition coefficient (Wildman–Crippen LogP) is 2.44. The van der Waals surface area contributed by atoms with Crippen molar-refractivity contribution in [2.45, 2.75) is 13.0 Å². The maximum atomic E-state index is 12.9. The molecule has 0 saturated carbocycles. The van der Waals surface area contributed by atoms with Crippen LogP contribution >= 0.6 is 0 Å². The summed E-state index contributed by atoms with van der Waals surface area (Å²) in [6, 6.07) is 9.05. The first kappa shape index (κ1) is 24.4. The van der Waals surface area contributed by atoms with Gasteiger partial charge in [-0.3, -0.25) is 9.59 Å². The predicted molar refractivity (Wildman–Crippen MR) is 114 cm³/mol. The van der Waals surface area contributed by atoms with E-state index < -0.39 is 30.4 Å². The number of hydrogen-bond acceptors (Lipinski definition) is 9. The molecule has 0 aromatic heterocycles. The van der Waals surface area contributed by atoms with E-state index in [0.717, 1.165) is 0 Å². The Balaban J connectivity index is 2.25. The van der Waals surface area contributed by atoms with Crippen molar-refractivity contribution in [3.05, 3.63) is 53.6 Å². The van der Waals surface area contributed by atoms with Gasteiger partial charge in [-0.1, -0.05) is 6.07 Å². The lowest BCUT2D eigenvalue weighted by Crippen LogP contribution is -2.31. The summed E-state index contributed by atoms with van der Waals surface area (Å²) in [7, 11) is 4.07. The fraction of sp³-hybridized carbons (Fsp3) is 0.261. The number of aliphatic hydroxyl groups excluding tert-OH is 1. The molecule has 0 aliphatic carbocycles. The maximum absolute atomic E-state index is 12.9. The van der Waals surface area contributed by atoms with Gasteiger partial charge in [-0.2, -0.15) is 0 Å². The second-order valence-corrected chi connectivity index (χ2v) is 6.38. The second kappa shape index (κ2) is 11.5. The lowest BCUT2D eigenvalue weighted by Gasteiger charge is -2.19. The van der Waals surface area contributed by atoms with Crippen molar-refractivity contribution in [2.75, 3.05) is 27.9 Å². The molecule has 0 bridgehead atoms. The van der Waals surface area contributed by atoms with E-state index in [-0.39, 0.29) is 22.8 Å². The molecule has 170 valence electrons. The number of rotatable bonds is 10. The first-order valence-corrected chi connectivity index (χ1v) is 9.45. The molecule has 0 spiro atoms. The maximum Gasteiger partial charge on any atom is 0.330 e. The van der Waals surface area contributed by atoms with Crippen molar-refractivity contribution < 1.29 is 43.2 Å². The van der Waals surface area contributed by atoms with Crippen LogP contribution in [-0.4, -0.2) is 56.9 Å². The molecular formula is C23H24O9. The summed E-state index contributed by atoms with van der Waals surface area (Å²) in [5.41, 5.74) is 0.825. The topological polar surface area (TPSA) is 118 Å². The smallest absolute Gasteiger partial charge is 0.330 e. The number of carbonyl (C=O) groups excluding carboxylic acids is 3. The van der Waals surface area contributed by atoms with E-state index in [0.29, 0.717) is 11.3 Å². The van der Waals surface area contributed by atoms with E-state index >= 15 is 0 Å². The first-order chi connectivity index (χ1) is 15.3. The molecular weight excluding hydrogens is 420 g/mol. The number of hydrogen-bond donors (Lipinski definition) is 1. The Morgan fingerprint density at radius 3 is 2.19 bits per heavy atom. The zero-order chi connectivity index (χ0) is 23.7. The van der Waals surface area contributed by atoms with Gasteiger partial charge in [0.05, 0.1) is 27.9 Å². The van der Waals surface area contributed by atoms with Crippen LogP contribution in [0.1, 0.15) is 22.8 Å². The number of carbonyl (C=O) groups is 3. The Morgan fingerprint density at radius 1 is 0.938 bits per heavy atom. The van der Waals surface area contributed by atoms with Crippen LogP contribution in [-0.2, 0) is 14.3 Å². The first-order valence-electron chi connectivity index (χ1n) is 9.45. The summed E-state index contributed by atoms with van der Waals surface area (Å²) >= 11 is 0. The Hall–Kier alpha value is -3.85. The zero-order valence-electron chi connectivity index (χ0n) is 18.1. The standard InChI is InChI=1S/C23H24O9/c1-14(25)31-17-9-7-16(12-20(17)29-3)23(27)21(13-24)32-18-8-5-15(11-19(18)28-2)6-10-22(26)30-4/h5-12,21,24H,13H2,1-4H3/b10-6+. The molecule has 1 atom stereocenters. The van der Waals surface area contributed by atoms with Crippen molar-refractivity contribution in [3.8, 4) is 23.0 Å². The molecule has 2 rings (SSSR count). The van der Waals surface area contributed by atoms with Gasteiger partial charge in [0.1, 0.15) is 0 Å². The Labute approximate surface area is 185 Å². The highest BCUT2D eigenvalue weighted by Gasteiger charge is 2.24. The fourth-order valence-corrected chi connectivity index (χ4v) is 2.69. The van der Waals surface area contributed by atoms with Crippen LogP contribution < -0.4 is 18.9 Å². The largest absolute Gasteiger partial charge is 0.493 e. The van der Waals surface area contributed by atoms with E-state index in [1.54, 1.807) is 18.2 Å². The lowest BCUT2D eigenvalue weighted by atomic mass is 10.1. The van der Waals surface area contributed by atoms with Crippen LogP contribution in [0.5, 0.6) is 23.0 Å². The third kappa shape index (κ3) is 6.32. The van der Waals surface area contributed by atoms with Crippen molar-refractivity contribution in [3.63, 3.8) is 0 Å². The van der Waals surface area contributed by atoms with Gasteiger partial charge >= 0.3 is 11.9 Å². The summed E-state index contributed by atoms with van der Waals surface area (Å²) in [5.74, 6) is -0.694. The van der Waals surface area contributed by atoms with Crippen LogP contribution in [0.2, 0.25) is 0 Å². The van der Waals surface area contributed by atoms with E-state index in [1.807, 2.05) is 0 Å². The van der Waals surface area contributed by atoms with Crippen LogP contribution in [0.4, 0.5) is 0 Å². The molecule has 9 heteroatoms. The van der Waals surface area contributed by atoms with Gasteiger partial charge in [0.25, 0.3) is 0 Å². The number of esters is 2. The normalized spacial score (nSPS) is 11.5. The van der Waals surface area contributed by atoms with Crippen molar-refractivity contribution in [2.24, 2.45) is 0 Å². The van der Waals surface area contributed by atoms with E-state index in [2.05, 4.69) is 4.74 Å². The average molecular weight is 444 g/mol. The highest BCUT2D eigenvalue weighted by Crippen LogP contribution is 2.32. The minimum absolute atomic E-state index is 0.162. The Kier molecular flexibility index (Phi) is 8.79. The van der Waals surface area contributed by atoms with Crippen molar-refractivity contribution in [1.82, 2.24) is 0 Å². The van der Waals surface area contributed by atoms with Gasteiger partial charge in [-0.05, 0) is 42.0 Å². The molecule has 1 unspecified atom stereocenters. The number of benzene rings is 2. The summed E-state index contributed by atoms with van der Waals surface area (Å²) in [6.07, 6.45) is 1.55. The quantitative estimate of drug-likeness (QED) is 0.255. The molecule has 1 N–H and O–H groups in total. The number of aliphatic hydroxyl groups is 1. The van der Waals surface area contributed by atoms with Crippen LogP contribution in [0.15, 0.2) is 42.5 Å². The summed E-state index contributed by atoms with van der Waals surface area (Å²) in [6.45, 7) is 0.651. The van der Waals surface area contributed by atoms with Crippen LogP contribution in [0.25, 0.3) is 6.08 Å². The lowest BCUT2D eigenvalue weighted by molar-refractivity contribution is -0.135. The molecule has 0 aliphatic rings. The van der Waals surface area contributed by atoms with Gasteiger partial charge in [-0.15, -0.1) is 0 Å². The third-order valence-corrected chi connectivity index (χ3v) is 4.23. The third-order valence-electron chi connectivity index (χ3n) is 4.23. The molecule has 2 aromatic rings. The Bertz CT molecular complexity index is 1010. The van der Waals surface area contributed by atoms with Gasteiger partial charge in [0, 0.05) is 18.6 Å². The SMILES string of the molecule is COC(=O)/C=C/c1ccc(OC(CO)C(=O)c2ccc(OC(C)=O)c(OC)c2)c(OC)c1. The molecule has 2 aromatic carbocycles. The number of ether oxygens (including phenoxy) is 5. The van der Waals surface area contributed by atoms with Crippen molar-refractivity contribution in [1.29, 1.82) is 0 Å².